The molecule has 0 aromatic heterocycles. The maximum absolute atomic E-state index is 14.7. The number of methoxy groups -OCH3 is 1. The number of halogens is 1. The fraction of sp³-hybridized carbons (Fsp3) is 0.489. The van der Waals surface area contributed by atoms with Crippen molar-refractivity contribution in [1.29, 1.82) is 5.26 Å². The molecule has 0 spiro atoms. The maximum atomic E-state index is 14.7. The summed E-state index contributed by atoms with van der Waals surface area (Å²) in [6.45, 7) is 8.06. The van der Waals surface area contributed by atoms with Crippen LogP contribution in [0.15, 0.2) is 94.7 Å². The highest BCUT2D eigenvalue weighted by Crippen LogP contribution is 2.50. The van der Waals surface area contributed by atoms with Crippen molar-refractivity contribution in [3.05, 3.63) is 102 Å². The van der Waals surface area contributed by atoms with Gasteiger partial charge in [-0.3, -0.25) is 9.69 Å². The zero-order chi connectivity index (χ0) is 40.7. The number of hydrogen-bond donors (Lipinski definition) is 1. The summed E-state index contributed by atoms with van der Waals surface area (Å²) in [6, 6.07) is 22.6. The lowest BCUT2D eigenvalue weighted by molar-refractivity contribution is -0.114. The zero-order valence-corrected chi connectivity index (χ0v) is 34.0. The van der Waals surface area contributed by atoms with Gasteiger partial charge in [-0.15, -0.1) is 0 Å². The Bertz CT molecular complexity index is 2090. The average molecular weight is 812 g/mol. The number of alkyl carbamates (subject to hydrolysis) is 1. The standard InChI is InChI=1S/C45H54FN5O6S/c1-56-44(53)48-43-12-4-11-42(43)45(32-47,36-7-3-8-37(46)28-36)35-17-20-50(21-18-35)29-34-30-51(31-34)38-13-15-40(16-14-38)58(54,55)41-10-2-6-33(27-41)26-39(52)9-5-19-49-22-24-57-25-23-49/h2-3,5-10,13-16,27-28,34-35,42-43H,4,11-12,17-26,29-31H2,1H3,(H,48,53)/b9-5+/t42-,43-,45-/m0/s1. The van der Waals surface area contributed by atoms with Gasteiger partial charge in [-0.25, -0.2) is 17.6 Å². The number of nitriles is 1. The number of rotatable bonds is 14. The lowest BCUT2D eigenvalue weighted by Gasteiger charge is -2.48. The van der Waals surface area contributed by atoms with Crippen LogP contribution in [0.4, 0.5) is 14.9 Å². The summed E-state index contributed by atoms with van der Waals surface area (Å²) < 4.78 is 52.2. The van der Waals surface area contributed by atoms with E-state index in [1.807, 2.05) is 24.3 Å². The molecule has 3 aromatic rings. The third-order valence-electron chi connectivity index (χ3n) is 12.7. The molecule has 3 aromatic carbocycles. The topological polar surface area (TPSA) is 132 Å². The minimum absolute atomic E-state index is 0.00569. The molecule has 1 saturated carbocycles. The first kappa shape index (κ1) is 41.5. The number of hydrogen-bond acceptors (Lipinski definition) is 10. The summed E-state index contributed by atoms with van der Waals surface area (Å²) in [7, 11) is -2.44. The highest BCUT2D eigenvalue weighted by atomic mass is 32.2. The van der Waals surface area contributed by atoms with E-state index >= 15 is 0 Å². The minimum Gasteiger partial charge on any atom is -0.453 e. The van der Waals surface area contributed by atoms with Gasteiger partial charge < -0.3 is 24.6 Å². The molecule has 308 valence electrons. The number of nitrogens with zero attached hydrogens (tertiary/aromatic N) is 4. The van der Waals surface area contributed by atoms with Crippen LogP contribution in [0.5, 0.6) is 0 Å². The Kier molecular flexibility index (Phi) is 13.3. The van der Waals surface area contributed by atoms with Crippen molar-refractivity contribution in [2.75, 3.05) is 77.6 Å². The van der Waals surface area contributed by atoms with Gasteiger partial charge in [-0.2, -0.15) is 5.26 Å². The Labute approximate surface area is 341 Å². The first-order valence-electron chi connectivity index (χ1n) is 20.5. The van der Waals surface area contributed by atoms with Gasteiger partial charge in [-0.05, 0) is 110 Å². The molecule has 13 heteroatoms. The summed E-state index contributed by atoms with van der Waals surface area (Å²) in [6.07, 6.45) is 7.04. The zero-order valence-electron chi connectivity index (χ0n) is 33.2. The van der Waals surface area contributed by atoms with Crippen LogP contribution < -0.4 is 10.2 Å². The second-order valence-electron chi connectivity index (χ2n) is 16.2. The van der Waals surface area contributed by atoms with E-state index in [1.165, 1.54) is 19.2 Å². The van der Waals surface area contributed by atoms with Gasteiger partial charge >= 0.3 is 6.09 Å². The maximum Gasteiger partial charge on any atom is 0.407 e. The number of ether oxygens (including phenoxy) is 2. The monoisotopic (exact) mass is 811 g/mol. The van der Waals surface area contributed by atoms with E-state index < -0.39 is 21.3 Å². The van der Waals surface area contributed by atoms with Crippen LogP contribution in [0.25, 0.3) is 0 Å². The van der Waals surface area contributed by atoms with E-state index in [0.717, 1.165) is 83.6 Å². The molecule has 3 atom stereocenters. The molecule has 3 aliphatic heterocycles. The Hall–Kier alpha value is -4.61. The summed E-state index contributed by atoms with van der Waals surface area (Å²) in [5.41, 5.74) is 1.37. The third-order valence-corrected chi connectivity index (χ3v) is 14.4. The number of morpholine rings is 1. The highest BCUT2D eigenvalue weighted by molar-refractivity contribution is 7.91. The molecule has 4 aliphatic rings. The number of carbonyl (C=O) groups excluding carboxylic acids is 2. The van der Waals surface area contributed by atoms with E-state index in [9.17, 15) is 27.7 Å². The number of amides is 1. The van der Waals surface area contributed by atoms with E-state index in [4.69, 9.17) is 9.47 Å². The van der Waals surface area contributed by atoms with Gasteiger partial charge in [0, 0.05) is 69.3 Å². The van der Waals surface area contributed by atoms with Crippen LogP contribution in [-0.2, 0) is 35.9 Å². The molecule has 7 rings (SSSR count). The van der Waals surface area contributed by atoms with Crippen LogP contribution in [0.3, 0.4) is 0 Å². The molecular formula is C45H54FN5O6S. The number of allylic oxidation sites excluding steroid dienone is 1. The second-order valence-corrected chi connectivity index (χ2v) is 18.2. The summed E-state index contributed by atoms with van der Waals surface area (Å²) >= 11 is 0. The lowest BCUT2D eigenvalue weighted by atomic mass is 9.59. The molecule has 11 nitrogen and oxygen atoms in total. The molecule has 0 radical (unpaired) electrons. The quantitative estimate of drug-likeness (QED) is 0.200. The van der Waals surface area contributed by atoms with Crippen LogP contribution >= 0.6 is 0 Å². The predicted octanol–water partition coefficient (Wildman–Crippen LogP) is 5.79. The van der Waals surface area contributed by atoms with E-state index in [0.29, 0.717) is 36.8 Å². The molecular weight excluding hydrogens is 758 g/mol. The Balaban J connectivity index is 0.918. The predicted molar refractivity (Wildman–Crippen MR) is 219 cm³/mol. The smallest absolute Gasteiger partial charge is 0.407 e. The summed E-state index contributed by atoms with van der Waals surface area (Å²) in [5.74, 6) is -0.140. The fourth-order valence-electron chi connectivity index (χ4n) is 9.63. The largest absolute Gasteiger partial charge is 0.453 e. The summed E-state index contributed by atoms with van der Waals surface area (Å²) in [4.78, 5) is 32.2. The average Bonchev–Trinajstić information content (AvgIpc) is 3.68. The third kappa shape index (κ3) is 9.31. The molecule has 1 aliphatic carbocycles. The van der Waals surface area contributed by atoms with Crippen LogP contribution in [0, 0.1) is 34.9 Å². The number of benzene rings is 3. The van der Waals surface area contributed by atoms with Crippen molar-refractivity contribution in [3.63, 3.8) is 0 Å². The van der Waals surface area contributed by atoms with Gasteiger partial charge in [0.05, 0.1) is 41.6 Å². The normalized spacial score (nSPS) is 22.3. The molecule has 1 amide bonds. The number of carbonyl (C=O) groups is 2. The van der Waals surface area contributed by atoms with Crippen LogP contribution in [-0.4, -0.2) is 109 Å². The van der Waals surface area contributed by atoms with Gasteiger partial charge in [0.2, 0.25) is 9.84 Å². The molecule has 58 heavy (non-hydrogen) atoms. The molecule has 3 saturated heterocycles. The van der Waals surface area contributed by atoms with Gasteiger partial charge in [0.1, 0.15) is 5.82 Å². The number of nitrogens with one attached hydrogen (secondary N) is 1. The Morgan fingerprint density at radius 2 is 1.69 bits per heavy atom. The van der Waals surface area contributed by atoms with Crippen molar-refractivity contribution in [3.8, 4) is 6.07 Å². The molecule has 4 fully saturated rings. The van der Waals surface area contributed by atoms with E-state index in [1.54, 1.807) is 48.5 Å². The van der Waals surface area contributed by atoms with Crippen LogP contribution in [0.1, 0.15) is 43.2 Å². The van der Waals surface area contributed by atoms with Crippen LogP contribution in [0.2, 0.25) is 0 Å². The van der Waals surface area contributed by atoms with Crippen molar-refractivity contribution in [2.45, 2.75) is 59.8 Å². The number of likely N-dealkylation sites (tertiary alicyclic amines) is 1. The van der Waals surface area contributed by atoms with Gasteiger partial charge in [0.15, 0.2) is 5.78 Å². The Morgan fingerprint density at radius 1 is 0.948 bits per heavy atom. The Morgan fingerprint density at radius 3 is 2.40 bits per heavy atom. The fourth-order valence-corrected chi connectivity index (χ4v) is 11.0. The molecule has 1 N–H and O–H groups in total. The number of piperidine rings is 1. The highest BCUT2D eigenvalue weighted by Gasteiger charge is 2.53. The van der Waals surface area contributed by atoms with Crippen molar-refractivity contribution < 1.29 is 31.9 Å². The minimum atomic E-state index is -3.78. The summed E-state index contributed by atoms with van der Waals surface area (Å²) in [5, 5.41) is 13.9. The SMILES string of the molecule is COC(=O)N[C@H]1CCC[C@@H]1[C@](C#N)(c1cccc(F)c1)C1CCN(CC2CN(c3ccc(S(=O)(=O)c4cccc(CC(=O)/C=C/CN5CCOCC5)c4)cc3)C2)CC1. The van der Waals surface area contributed by atoms with Gasteiger partial charge in [0.25, 0.3) is 0 Å². The van der Waals surface area contributed by atoms with Crippen molar-refractivity contribution >= 4 is 27.4 Å². The van der Waals surface area contributed by atoms with E-state index in [2.05, 4.69) is 26.1 Å². The van der Waals surface area contributed by atoms with E-state index in [-0.39, 0.29) is 45.7 Å². The number of anilines is 1. The molecule has 0 unspecified atom stereocenters. The molecule has 0 bridgehead atoms. The second kappa shape index (κ2) is 18.5. The first-order valence-corrected chi connectivity index (χ1v) is 22.0. The van der Waals surface area contributed by atoms with Crippen molar-refractivity contribution in [2.24, 2.45) is 17.8 Å². The molecule has 3 heterocycles. The van der Waals surface area contributed by atoms with Gasteiger partial charge in [-0.1, -0.05) is 36.8 Å². The number of sulfone groups is 1. The van der Waals surface area contributed by atoms with Crippen molar-refractivity contribution in [1.82, 2.24) is 15.1 Å². The first-order chi connectivity index (χ1) is 28.1. The lowest BCUT2D eigenvalue weighted by Crippen LogP contribution is -2.55. The number of ketones is 1.